The fourth-order valence-electron chi connectivity index (χ4n) is 4.66. The first-order valence-electron chi connectivity index (χ1n) is 12.2. The Morgan fingerprint density at radius 3 is 2.36 bits per heavy atom. The van der Waals surface area contributed by atoms with Crippen molar-refractivity contribution in [2.24, 2.45) is 0 Å². The highest BCUT2D eigenvalue weighted by molar-refractivity contribution is 6.09. The molecule has 4 rings (SSSR count). The third-order valence-corrected chi connectivity index (χ3v) is 6.76. The minimum absolute atomic E-state index is 0.0469. The zero-order valence-electron chi connectivity index (χ0n) is 21.3. The molecule has 0 aliphatic carbocycles. The summed E-state index contributed by atoms with van der Waals surface area (Å²) in [7, 11) is 1.38. The molecule has 2 amide bonds. The third-order valence-electron chi connectivity index (χ3n) is 6.76. The molecular formula is C28H32N4O4. The number of nitrogens with one attached hydrogen (secondary N) is 1. The van der Waals surface area contributed by atoms with Crippen LogP contribution in [0.2, 0.25) is 0 Å². The van der Waals surface area contributed by atoms with Gasteiger partial charge < -0.3 is 15.0 Å². The predicted octanol–water partition coefficient (Wildman–Crippen LogP) is 4.39. The van der Waals surface area contributed by atoms with Gasteiger partial charge >= 0.3 is 5.97 Å². The minimum atomic E-state index is -0.279. The molecule has 0 saturated carbocycles. The van der Waals surface area contributed by atoms with Crippen LogP contribution in [-0.2, 0) is 16.0 Å². The number of amides is 2. The lowest BCUT2D eigenvalue weighted by molar-refractivity contribution is -0.140. The first-order chi connectivity index (χ1) is 17.3. The van der Waals surface area contributed by atoms with Gasteiger partial charge in [-0.15, -0.1) is 0 Å². The summed E-state index contributed by atoms with van der Waals surface area (Å²) < 4.78 is 6.57. The Kier molecular flexibility index (Phi) is 7.52. The molecule has 1 saturated heterocycles. The molecular weight excluding hydrogens is 456 g/mol. The second-order valence-electron chi connectivity index (χ2n) is 9.14. The van der Waals surface area contributed by atoms with Gasteiger partial charge in [0.25, 0.3) is 11.8 Å². The number of nitrogens with zero attached hydrogens (tertiary/aromatic N) is 3. The molecule has 8 heteroatoms. The summed E-state index contributed by atoms with van der Waals surface area (Å²) in [6.07, 6.45) is 2.87. The first kappa shape index (κ1) is 25.2. The number of benzene rings is 2. The molecule has 1 aliphatic rings. The second-order valence-corrected chi connectivity index (χ2v) is 9.14. The van der Waals surface area contributed by atoms with Crippen LogP contribution in [0.25, 0.3) is 5.69 Å². The van der Waals surface area contributed by atoms with Crippen molar-refractivity contribution >= 4 is 23.5 Å². The number of para-hydroxylation sites is 1. The molecule has 1 aromatic heterocycles. The number of carbonyl (C=O) groups is 3. The SMILES string of the molecule is COC(=O)CCc1c(C)nn(-c2ccc(C(=O)Nc3c(C)cccc3C(=O)N3CCCC3)cc2)c1C. The summed E-state index contributed by atoms with van der Waals surface area (Å²) in [5.41, 5.74) is 6.02. The van der Waals surface area contributed by atoms with Gasteiger partial charge in [0.05, 0.1) is 29.7 Å². The Labute approximate surface area is 211 Å². The fraction of sp³-hybridized carbons (Fsp3) is 0.357. The standard InChI is InChI=1S/C28H32N4O4/c1-18-8-7-9-24(28(35)31-16-5-6-17-31)26(18)29-27(34)21-10-12-22(13-11-21)32-20(3)23(19(2)30-32)14-15-25(33)36-4/h7-13H,5-6,14-17H2,1-4H3,(H,29,34). The van der Waals surface area contributed by atoms with Crippen LogP contribution < -0.4 is 5.32 Å². The summed E-state index contributed by atoms with van der Waals surface area (Å²) in [5.74, 6) is -0.580. The van der Waals surface area contributed by atoms with Crippen LogP contribution in [0.5, 0.6) is 0 Å². The van der Waals surface area contributed by atoms with E-state index in [0.717, 1.165) is 54.1 Å². The normalized spacial score (nSPS) is 13.1. The van der Waals surface area contributed by atoms with Gasteiger partial charge in [-0.3, -0.25) is 14.4 Å². The number of aryl methyl sites for hydroxylation is 2. The monoisotopic (exact) mass is 488 g/mol. The van der Waals surface area contributed by atoms with Gasteiger partial charge in [-0.1, -0.05) is 12.1 Å². The van der Waals surface area contributed by atoms with E-state index in [1.54, 1.807) is 18.2 Å². The van der Waals surface area contributed by atoms with Gasteiger partial charge in [0, 0.05) is 30.8 Å². The molecule has 0 unspecified atom stereocenters. The lowest BCUT2D eigenvalue weighted by Crippen LogP contribution is -2.29. The fourth-order valence-corrected chi connectivity index (χ4v) is 4.66. The molecule has 1 fully saturated rings. The largest absolute Gasteiger partial charge is 0.469 e. The minimum Gasteiger partial charge on any atom is -0.469 e. The van der Waals surface area contributed by atoms with Crippen LogP contribution in [0, 0.1) is 20.8 Å². The highest BCUT2D eigenvalue weighted by atomic mass is 16.5. The van der Waals surface area contributed by atoms with Crippen LogP contribution in [0.1, 0.15) is 62.5 Å². The molecule has 2 heterocycles. The molecule has 0 spiro atoms. The van der Waals surface area contributed by atoms with Crippen molar-refractivity contribution in [2.75, 3.05) is 25.5 Å². The molecule has 0 bridgehead atoms. The van der Waals surface area contributed by atoms with Crippen molar-refractivity contribution in [1.29, 1.82) is 0 Å². The Balaban J connectivity index is 1.52. The number of anilines is 1. The van der Waals surface area contributed by atoms with Gasteiger partial charge in [0.1, 0.15) is 0 Å². The Bertz CT molecular complexity index is 1290. The van der Waals surface area contributed by atoms with E-state index in [9.17, 15) is 14.4 Å². The predicted molar refractivity (Wildman–Crippen MR) is 138 cm³/mol. The van der Waals surface area contributed by atoms with Crippen molar-refractivity contribution in [3.8, 4) is 5.69 Å². The molecule has 0 radical (unpaired) electrons. The smallest absolute Gasteiger partial charge is 0.305 e. The lowest BCUT2D eigenvalue weighted by atomic mass is 10.1. The summed E-state index contributed by atoms with van der Waals surface area (Å²) in [5, 5.41) is 7.59. The molecule has 0 atom stereocenters. The second kappa shape index (κ2) is 10.8. The number of hydrogen-bond acceptors (Lipinski definition) is 5. The van der Waals surface area contributed by atoms with E-state index in [-0.39, 0.29) is 17.8 Å². The highest BCUT2D eigenvalue weighted by Gasteiger charge is 2.23. The van der Waals surface area contributed by atoms with Gasteiger partial charge in [-0.25, -0.2) is 4.68 Å². The Hall–Kier alpha value is -3.94. The van der Waals surface area contributed by atoms with Gasteiger partial charge in [0.15, 0.2) is 0 Å². The maximum Gasteiger partial charge on any atom is 0.305 e. The van der Waals surface area contributed by atoms with Gasteiger partial charge in [-0.2, -0.15) is 5.10 Å². The van der Waals surface area contributed by atoms with Crippen molar-refractivity contribution in [3.05, 3.63) is 76.1 Å². The average molecular weight is 489 g/mol. The van der Waals surface area contributed by atoms with Gasteiger partial charge in [-0.05, 0) is 81.5 Å². The topological polar surface area (TPSA) is 93.5 Å². The van der Waals surface area contributed by atoms with Crippen LogP contribution in [0.15, 0.2) is 42.5 Å². The van der Waals surface area contributed by atoms with Gasteiger partial charge in [0.2, 0.25) is 0 Å². The van der Waals surface area contributed by atoms with E-state index in [4.69, 9.17) is 4.74 Å². The Morgan fingerprint density at radius 1 is 1.00 bits per heavy atom. The number of rotatable bonds is 7. The summed E-state index contributed by atoms with van der Waals surface area (Å²) >= 11 is 0. The molecule has 1 N–H and O–H groups in total. The summed E-state index contributed by atoms with van der Waals surface area (Å²) in [6, 6.07) is 12.7. The first-order valence-corrected chi connectivity index (χ1v) is 12.2. The number of hydrogen-bond donors (Lipinski definition) is 1. The Morgan fingerprint density at radius 2 is 1.69 bits per heavy atom. The zero-order valence-corrected chi connectivity index (χ0v) is 21.3. The van der Waals surface area contributed by atoms with E-state index >= 15 is 0 Å². The van der Waals surface area contributed by atoms with Crippen LogP contribution in [0.4, 0.5) is 5.69 Å². The number of ether oxygens (including phenoxy) is 1. The van der Waals surface area contributed by atoms with E-state index in [0.29, 0.717) is 29.7 Å². The summed E-state index contributed by atoms with van der Waals surface area (Å²) in [6.45, 7) is 7.27. The van der Waals surface area contributed by atoms with Crippen LogP contribution in [-0.4, -0.2) is 52.7 Å². The molecule has 8 nitrogen and oxygen atoms in total. The quantitative estimate of drug-likeness (QED) is 0.498. The number of esters is 1. The molecule has 1 aliphatic heterocycles. The number of aromatic nitrogens is 2. The number of likely N-dealkylation sites (tertiary alicyclic amines) is 1. The van der Waals surface area contributed by atoms with Crippen molar-refractivity contribution in [3.63, 3.8) is 0 Å². The van der Waals surface area contributed by atoms with Crippen molar-refractivity contribution in [1.82, 2.24) is 14.7 Å². The molecule has 36 heavy (non-hydrogen) atoms. The number of carbonyl (C=O) groups excluding carboxylic acids is 3. The van der Waals surface area contributed by atoms with E-state index in [2.05, 4.69) is 10.4 Å². The average Bonchev–Trinajstić information content (AvgIpc) is 3.52. The molecule has 3 aromatic rings. The van der Waals surface area contributed by atoms with Crippen molar-refractivity contribution < 1.29 is 19.1 Å². The molecule has 2 aromatic carbocycles. The van der Waals surface area contributed by atoms with Crippen molar-refractivity contribution in [2.45, 2.75) is 46.5 Å². The zero-order chi connectivity index (χ0) is 25.8. The van der Waals surface area contributed by atoms with Crippen LogP contribution >= 0.6 is 0 Å². The third kappa shape index (κ3) is 5.17. The van der Waals surface area contributed by atoms with E-state index < -0.39 is 0 Å². The highest BCUT2D eigenvalue weighted by Crippen LogP contribution is 2.25. The maximum absolute atomic E-state index is 13.1. The van der Waals surface area contributed by atoms with E-state index in [1.807, 2.05) is 54.6 Å². The lowest BCUT2D eigenvalue weighted by Gasteiger charge is -2.19. The summed E-state index contributed by atoms with van der Waals surface area (Å²) in [4.78, 5) is 39.5. The number of methoxy groups -OCH3 is 1. The maximum atomic E-state index is 13.1. The molecule has 188 valence electrons. The van der Waals surface area contributed by atoms with E-state index in [1.165, 1.54) is 7.11 Å². The van der Waals surface area contributed by atoms with Crippen LogP contribution in [0.3, 0.4) is 0 Å².